The summed E-state index contributed by atoms with van der Waals surface area (Å²) >= 11 is 4.39. The van der Waals surface area contributed by atoms with E-state index in [4.69, 9.17) is 4.74 Å². The molecule has 1 fully saturated rings. The molecule has 84 valence electrons. The lowest BCUT2D eigenvalue weighted by Crippen LogP contribution is -2.50. The minimum absolute atomic E-state index is 0.300. The third kappa shape index (κ3) is 3.44. The summed E-state index contributed by atoms with van der Waals surface area (Å²) in [7, 11) is 0. The molecule has 2 unspecified atom stereocenters. The van der Waals surface area contributed by atoms with Gasteiger partial charge in [-0.25, -0.2) is 0 Å². The lowest BCUT2D eigenvalue weighted by molar-refractivity contribution is -0.0584. The molecule has 0 spiro atoms. The van der Waals surface area contributed by atoms with E-state index in [1.165, 1.54) is 0 Å². The van der Waals surface area contributed by atoms with Gasteiger partial charge in [0.15, 0.2) is 0 Å². The van der Waals surface area contributed by atoms with E-state index in [-0.39, 0.29) is 0 Å². The molecule has 0 saturated carbocycles. The van der Waals surface area contributed by atoms with Crippen LogP contribution in [-0.2, 0) is 4.74 Å². The number of rotatable bonds is 3. The van der Waals surface area contributed by atoms with E-state index in [2.05, 4.69) is 45.2 Å². The fraction of sp³-hybridized carbons (Fsp3) is 1.00. The Bertz CT molecular complexity index is 184. The Hall–Kier alpha value is 0.270. The first-order valence-electron chi connectivity index (χ1n) is 5.41. The minimum Gasteiger partial charge on any atom is -0.376 e. The summed E-state index contributed by atoms with van der Waals surface area (Å²) in [5.41, 5.74) is 0.300. The molecule has 2 nitrogen and oxygen atoms in total. The molecule has 3 heteroatoms. The van der Waals surface area contributed by atoms with Crippen molar-refractivity contribution in [2.24, 2.45) is 5.41 Å². The zero-order chi connectivity index (χ0) is 10.8. The van der Waals surface area contributed by atoms with E-state index >= 15 is 0 Å². The lowest BCUT2D eigenvalue weighted by atomic mass is 9.94. The second-order valence-electron chi connectivity index (χ2n) is 5.24. The number of hydrogen-bond acceptors (Lipinski definition) is 3. The van der Waals surface area contributed by atoms with Crippen LogP contribution in [0.15, 0.2) is 0 Å². The molecule has 1 heterocycles. The summed E-state index contributed by atoms with van der Waals surface area (Å²) < 4.78 is 5.61. The molecule has 1 rings (SSSR count). The highest BCUT2D eigenvalue weighted by Crippen LogP contribution is 2.22. The minimum atomic E-state index is 0.300. The summed E-state index contributed by atoms with van der Waals surface area (Å²) in [6.07, 6.45) is 0.377. The Kier molecular flexibility index (Phi) is 4.29. The fourth-order valence-corrected chi connectivity index (χ4v) is 1.89. The summed E-state index contributed by atoms with van der Waals surface area (Å²) in [6, 6.07) is 0.547. The lowest BCUT2D eigenvalue weighted by Gasteiger charge is -2.40. The van der Waals surface area contributed by atoms with Crippen LogP contribution in [0.1, 0.15) is 27.7 Å². The highest BCUT2D eigenvalue weighted by molar-refractivity contribution is 7.80. The smallest absolute Gasteiger partial charge is 0.0674 e. The Balaban J connectivity index is 2.49. The van der Waals surface area contributed by atoms with Crippen molar-refractivity contribution in [2.75, 3.05) is 25.4 Å². The number of ether oxygens (including phenoxy) is 1. The first kappa shape index (κ1) is 12.3. The van der Waals surface area contributed by atoms with Gasteiger partial charge in [-0.05, 0) is 25.0 Å². The van der Waals surface area contributed by atoms with Gasteiger partial charge in [0.2, 0.25) is 0 Å². The molecule has 0 bridgehead atoms. The Morgan fingerprint density at radius 3 is 2.64 bits per heavy atom. The number of thiol groups is 1. The molecule has 0 aliphatic carbocycles. The van der Waals surface area contributed by atoms with Gasteiger partial charge >= 0.3 is 0 Å². The average Bonchev–Trinajstić information content (AvgIpc) is 2.11. The summed E-state index contributed by atoms with van der Waals surface area (Å²) in [5, 5.41) is 0. The topological polar surface area (TPSA) is 12.5 Å². The quantitative estimate of drug-likeness (QED) is 0.726. The van der Waals surface area contributed by atoms with E-state index in [1.54, 1.807) is 0 Å². The molecule has 1 aliphatic heterocycles. The van der Waals surface area contributed by atoms with E-state index in [9.17, 15) is 0 Å². The predicted molar refractivity (Wildman–Crippen MR) is 64.1 cm³/mol. The first-order valence-corrected chi connectivity index (χ1v) is 6.04. The van der Waals surface area contributed by atoms with Crippen molar-refractivity contribution in [1.82, 2.24) is 4.90 Å². The molecule has 0 aromatic heterocycles. The molecular formula is C11H23NOS. The molecule has 1 aliphatic rings. The summed E-state index contributed by atoms with van der Waals surface area (Å²) in [5.74, 6) is 0.936. The van der Waals surface area contributed by atoms with Crippen molar-refractivity contribution >= 4 is 12.6 Å². The van der Waals surface area contributed by atoms with E-state index in [0.29, 0.717) is 17.6 Å². The average molecular weight is 217 g/mol. The van der Waals surface area contributed by atoms with Crippen LogP contribution in [0, 0.1) is 5.41 Å². The maximum Gasteiger partial charge on any atom is 0.0674 e. The van der Waals surface area contributed by atoms with Crippen LogP contribution in [0.2, 0.25) is 0 Å². The van der Waals surface area contributed by atoms with Gasteiger partial charge in [-0.1, -0.05) is 13.8 Å². The van der Waals surface area contributed by atoms with E-state index in [1.807, 2.05) is 0 Å². The number of morpholine rings is 1. The predicted octanol–water partition coefficient (Wildman–Crippen LogP) is 2.05. The molecule has 0 amide bonds. The maximum absolute atomic E-state index is 5.61. The SMILES string of the molecule is CC1CN(CC(C)(C)CS)C(C)CO1. The highest BCUT2D eigenvalue weighted by atomic mass is 32.1. The largest absolute Gasteiger partial charge is 0.376 e. The van der Waals surface area contributed by atoms with Crippen LogP contribution in [0.25, 0.3) is 0 Å². The van der Waals surface area contributed by atoms with Crippen molar-refractivity contribution in [3.05, 3.63) is 0 Å². The molecule has 1 saturated heterocycles. The molecular weight excluding hydrogens is 194 g/mol. The van der Waals surface area contributed by atoms with Crippen LogP contribution < -0.4 is 0 Å². The van der Waals surface area contributed by atoms with Gasteiger partial charge in [0, 0.05) is 19.1 Å². The second kappa shape index (κ2) is 4.86. The molecule has 0 aromatic rings. The van der Waals surface area contributed by atoms with Gasteiger partial charge in [0.25, 0.3) is 0 Å². The fourth-order valence-electron chi connectivity index (χ4n) is 1.79. The summed E-state index contributed by atoms with van der Waals surface area (Å²) in [4.78, 5) is 2.52. The Morgan fingerprint density at radius 1 is 1.43 bits per heavy atom. The van der Waals surface area contributed by atoms with Crippen molar-refractivity contribution < 1.29 is 4.74 Å². The zero-order valence-corrected chi connectivity index (χ0v) is 10.7. The van der Waals surface area contributed by atoms with Gasteiger partial charge in [-0.2, -0.15) is 12.6 Å². The van der Waals surface area contributed by atoms with Crippen molar-refractivity contribution in [3.8, 4) is 0 Å². The number of hydrogen-bond donors (Lipinski definition) is 1. The summed E-state index contributed by atoms with van der Waals surface area (Å²) in [6.45, 7) is 12.0. The third-order valence-electron chi connectivity index (χ3n) is 2.80. The van der Waals surface area contributed by atoms with Crippen LogP contribution in [0.5, 0.6) is 0 Å². The molecule has 2 atom stereocenters. The molecule has 0 aromatic carbocycles. The van der Waals surface area contributed by atoms with Crippen LogP contribution in [0.4, 0.5) is 0 Å². The van der Waals surface area contributed by atoms with Gasteiger partial charge in [-0.15, -0.1) is 0 Å². The monoisotopic (exact) mass is 217 g/mol. The highest BCUT2D eigenvalue weighted by Gasteiger charge is 2.28. The van der Waals surface area contributed by atoms with Crippen molar-refractivity contribution in [2.45, 2.75) is 39.8 Å². The molecule has 0 radical (unpaired) electrons. The normalized spacial score (nSPS) is 30.6. The first-order chi connectivity index (χ1) is 6.44. The van der Waals surface area contributed by atoms with Crippen LogP contribution >= 0.6 is 12.6 Å². The van der Waals surface area contributed by atoms with E-state index in [0.717, 1.165) is 25.4 Å². The van der Waals surface area contributed by atoms with Crippen LogP contribution in [-0.4, -0.2) is 42.5 Å². The second-order valence-corrected chi connectivity index (χ2v) is 5.56. The Labute approximate surface area is 93.4 Å². The maximum atomic E-state index is 5.61. The van der Waals surface area contributed by atoms with Crippen molar-refractivity contribution in [1.29, 1.82) is 0 Å². The van der Waals surface area contributed by atoms with Gasteiger partial charge in [0.1, 0.15) is 0 Å². The third-order valence-corrected chi connectivity index (χ3v) is 3.65. The molecule has 14 heavy (non-hydrogen) atoms. The van der Waals surface area contributed by atoms with Crippen molar-refractivity contribution in [3.63, 3.8) is 0 Å². The number of nitrogens with zero attached hydrogens (tertiary/aromatic N) is 1. The molecule has 0 N–H and O–H groups in total. The Morgan fingerprint density at radius 2 is 2.07 bits per heavy atom. The van der Waals surface area contributed by atoms with Crippen LogP contribution in [0.3, 0.4) is 0 Å². The van der Waals surface area contributed by atoms with Gasteiger partial charge in [0.05, 0.1) is 12.7 Å². The van der Waals surface area contributed by atoms with Gasteiger partial charge in [-0.3, -0.25) is 4.90 Å². The standard InChI is InChI=1S/C11H23NOS/c1-9-6-13-10(2)5-12(9)7-11(3,4)8-14/h9-10,14H,5-8H2,1-4H3. The zero-order valence-electron chi connectivity index (χ0n) is 9.79. The van der Waals surface area contributed by atoms with E-state index < -0.39 is 0 Å². The van der Waals surface area contributed by atoms with Gasteiger partial charge < -0.3 is 4.74 Å².